The van der Waals surface area contributed by atoms with Gasteiger partial charge >= 0.3 is 0 Å². The first-order chi connectivity index (χ1) is 9.63. The number of rotatable bonds is 0. The van der Waals surface area contributed by atoms with E-state index in [2.05, 4.69) is 39.6 Å². The van der Waals surface area contributed by atoms with Crippen LogP contribution < -0.4 is 4.74 Å². The Morgan fingerprint density at radius 1 is 1.15 bits per heavy atom. The first-order valence-corrected chi connectivity index (χ1v) is 7.57. The van der Waals surface area contributed by atoms with Crippen molar-refractivity contribution in [3.8, 4) is 17.0 Å². The van der Waals surface area contributed by atoms with Crippen LogP contribution in [0.15, 0.2) is 46.9 Å². The summed E-state index contributed by atoms with van der Waals surface area (Å²) in [4.78, 5) is 0. The molecule has 0 saturated carbocycles. The molecule has 2 heterocycles. The maximum Gasteiger partial charge on any atom is 0.173 e. The molecule has 1 unspecified atom stereocenters. The first kappa shape index (κ1) is 12.3. The lowest BCUT2D eigenvalue weighted by molar-refractivity contribution is 0.152. The van der Waals surface area contributed by atoms with Crippen molar-refractivity contribution in [2.75, 3.05) is 0 Å². The van der Waals surface area contributed by atoms with Crippen molar-refractivity contribution < 1.29 is 4.74 Å². The van der Waals surface area contributed by atoms with Crippen molar-refractivity contribution in [2.24, 2.45) is 0 Å². The average molecular weight is 349 g/mol. The Morgan fingerprint density at radius 2 is 2.00 bits per heavy atom. The van der Waals surface area contributed by atoms with Crippen molar-refractivity contribution in [2.45, 2.75) is 13.2 Å². The minimum absolute atomic E-state index is 0.0366. The minimum Gasteiger partial charge on any atom is -0.470 e. The normalized spacial score (nSPS) is 16.6. The third kappa shape index (κ3) is 1.70. The van der Waals surface area contributed by atoms with Gasteiger partial charge in [0.15, 0.2) is 6.23 Å². The van der Waals surface area contributed by atoms with Crippen LogP contribution in [0.3, 0.4) is 0 Å². The highest BCUT2D eigenvalue weighted by atomic mass is 79.9. The fraction of sp³-hybridized carbons (Fsp3) is 0.125. The van der Waals surface area contributed by atoms with E-state index in [-0.39, 0.29) is 6.23 Å². The van der Waals surface area contributed by atoms with Crippen LogP contribution in [0.2, 0.25) is 5.02 Å². The predicted octanol–water partition coefficient (Wildman–Crippen LogP) is 5.64. The first-order valence-electron chi connectivity index (χ1n) is 6.40. The molecule has 0 aliphatic carbocycles. The summed E-state index contributed by atoms with van der Waals surface area (Å²) in [6.07, 6.45) is -0.0366. The van der Waals surface area contributed by atoms with Gasteiger partial charge in [0.2, 0.25) is 0 Å². The molecule has 2 nitrogen and oxygen atoms in total. The molecule has 0 bridgehead atoms. The van der Waals surface area contributed by atoms with Crippen LogP contribution >= 0.6 is 27.5 Å². The van der Waals surface area contributed by atoms with Gasteiger partial charge in [0.1, 0.15) is 5.75 Å². The van der Waals surface area contributed by atoms with E-state index in [1.54, 1.807) is 0 Å². The van der Waals surface area contributed by atoms with Gasteiger partial charge in [0.25, 0.3) is 0 Å². The fourth-order valence-electron chi connectivity index (χ4n) is 2.85. The maximum absolute atomic E-state index is 6.09. The monoisotopic (exact) mass is 347 g/mol. The summed E-state index contributed by atoms with van der Waals surface area (Å²) in [6, 6.07) is 14.3. The minimum atomic E-state index is -0.0366. The molecular formula is C16H11BrClNO. The van der Waals surface area contributed by atoms with E-state index in [0.29, 0.717) is 0 Å². The molecule has 0 spiro atoms. The molecule has 1 aliphatic heterocycles. The van der Waals surface area contributed by atoms with Crippen LogP contribution in [0.5, 0.6) is 5.75 Å². The second kappa shape index (κ2) is 4.27. The molecule has 4 rings (SSSR count). The van der Waals surface area contributed by atoms with Crippen LogP contribution in [0.1, 0.15) is 13.2 Å². The van der Waals surface area contributed by atoms with E-state index in [4.69, 9.17) is 16.3 Å². The molecule has 3 aromatic rings. The molecule has 1 aromatic heterocycles. The van der Waals surface area contributed by atoms with Gasteiger partial charge in [0.05, 0.1) is 11.2 Å². The maximum atomic E-state index is 6.09. The lowest BCUT2D eigenvalue weighted by Gasteiger charge is -2.27. The summed E-state index contributed by atoms with van der Waals surface area (Å²) >= 11 is 9.58. The van der Waals surface area contributed by atoms with E-state index in [0.717, 1.165) is 31.7 Å². The summed E-state index contributed by atoms with van der Waals surface area (Å²) in [6.45, 7) is 2.06. The quantitative estimate of drug-likeness (QED) is 0.513. The number of ether oxygens (including phenoxy) is 1. The highest BCUT2D eigenvalue weighted by molar-refractivity contribution is 9.10. The summed E-state index contributed by atoms with van der Waals surface area (Å²) in [5.41, 5.74) is 3.42. The number of hydrogen-bond acceptors (Lipinski definition) is 1. The van der Waals surface area contributed by atoms with Gasteiger partial charge < -0.3 is 9.30 Å². The molecule has 1 aliphatic rings. The molecule has 2 aromatic carbocycles. The molecule has 0 N–H and O–H groups in total. The summed E-state index contributed by atoms with van der Waals surface area (Å²) in [7, 11) is 0. The SMILES string of the molecule is CC1Oc2cc(Br)ccc2-c2cc3cc(Cl)ccc3n21. The molecular weight excluding hydrogens is 338 g/mol. The van der Waals surface area contributed by atoms with Gasteiger partial charge in [-0.3, -0.25) is 0 Å². The number of aromatic nitrogens is 1. The zero-order valence-corrected chi connectivity index (χ0v) is 13.1. The zero-order chi connectivity index (χ0) is 13.9. The van der Waals surface area contributed by atoms with Crippen LogP contribution in [-0.4, -0.2) is 4.57 Å². The largest absolute Gasteiger partial charge is 0.470 e. The van der Waals surface area contributed by atoms with Crippen LogP contribution in [0, 0.1) is 0 Å². The fourth-order valence-corrected chi connectivity index (χ4v) is 3.37. The van der Waals surface area contributed by atoms with Crippen molar-refractivity contribution >= 4 is 38.4 Å². The second-order valence-corrected chi connectivity index (χ2v) is 6.31. The molecule has 0 saturated heterocycles. The van der Waals surface area contributed by atoms with Crippen molar-refractivity contribution in [3.63, 3.8) is 0 Å². The van der Waals surface area contributed by atoms with Gasteiger partial charge in [-0.2, -0.15) is 0 Å². The summed E-state index contributed by atoms with van der Waals surface area (Å²) in [5.74, 6) is 0.910. The molecule has 100 valence electrons. The third-order valence-electron chi connectivity index (χ3n) is 3.68. The topological polar surface area (TPSA) is 14.2 Å². The van der Waals surface area contributed by atoms with Crippen molar-refractivity contribution in [3.05, 3.63) is 52.0 Å². The Labute approximate surface area is 130 Å². The van der Waals surface area contributed by atoms with E-state index in [9.17, 15) is 0 Å². The molecule has 4 heteroatoms. The third-order valence-corrected chi connectivity index (χ3v) is 4.41. The Morgan fingerprint density at radius 3 is 2.85 bits per heavy atom. The number of nitrogens with zero attached hydrogens (tertiary/aromatic N) is 1. The van der Waals surface area contributed by atoms with Gasteiger partial charge in [-0.1, -0.05) is 27.5 Å². The Kier molecular flexibility index (Phi) is 2.63. The summed E-state index contributed by atoms with van der Waals surface area (Å²) in [5, 5.41) is 1.89. The number of fused-ring (bicyclic) bond motifs is 5. The smallest absolute Gasteiger partial charge is 0.173 e. The van der Waals surface area contributed by atoms with Gasteiger partial charge in [-0.05, 0) is 49.4 Å². The predicted molar refractivity (Wildman–Crippen MR) is 85.4 cm³/mol. The number of benzene rings is 2. The lowest BCUT2D eigenvalue weighted by Crippen LogP contribution is -2.17. The standard InChI is InChI=1S/C16H11BrClNO/c1-9-19-14-5-3-12(18)6-10(14)7-15(19)13-4-2-11(17)8-16(13)20-9/h2-9H,1H3. The number of halogens is 2. The van der Waals surface area contributed by atoms with Crippen LogP contribution in [-0.2, 0) is 0 Å². The molecule has 1 atom stereocenters. The Bertz CT molecular complexity index is 840. The lowest BCUT2D eigenvalue weighted by atomic mass is 10.1. The zero-order valence-electron chi connectivity index (χ0n) is 10.7. The second-order valence-electron chi connectivity index (χ2n) is 4.96. The average Bonchev–Trinajstić information content (AvgIpc) is 2.77. The number of hydrogen-bond donors (Lipinski definition) is 0. The van der Waals surface area contributed by atoms with Crippen LogP contribution in [0.4, 0.5) is 0 Å². The molecule has 0 fully saturated rings. The summed E-state index contributed by atoms with van der Waals surface area (Å²) < 4.78 is 9.27. The Hall–Kier alpha value is -1.45. The highest BCUT2D eigenvalue weighted by Crippen LogP contribution is 2.43. The Balaban J connectivity index is 2.07. The van der Waals surface area contributed by atoms with Crippen molar-refractivity contribution in [1.82, 2.24) is 4.57 Å². The van der Waals surface area contributed by atoms with Gasteiger partial charge in [-0.15, -0.1) is 0 Å². The van der Waals surface area contributed by atoms with Gasteiger partial charge in [0, 0.05) is 20.4 Å². The van der Waals surface area contributed by atoms with E-state index < -0.39 is 0 Å². The van der Waals surface area contributed by atoms with E-state index >= 15 is 0 Å². The van der Waals surface area contributed by atoms with Crippen molar-refractivity contribution in [1.29, 1.82) is 0 Å². The van der Waals surface area contributed by atoms with Gasteiger partial charge in [-0.25, -0.2) is 0 Å². The molecule has 0 radical (unpaired) electrons. The van der Waals surface area contributed by atoms with Crippen LogP contribution in [0.25, 0.3) is 22.2 Å². The van der Waals surface area contributed by atoms with E-state index in [1.807, 2.05) is 30.3 Å². The molecule has 20 heavy (non-hydrogen) atoms. The van der Waals surface area contributed by atoms with E-state index in [1.165, 1.54) is 5.69 Å². The highest BCUT2D eigenvalue weighted by Gasteiger charge is 2.24. The molecule has 0 amide bonds.